The van der Waals surface area contributed by atoms with E-state index in [4.69, 9.17) is 9.47 Å². The number of ether oxygens (including phenoxy) is 3. The van der Waals surface area contributed by atoms with Crippen LogP contribution in [0.5, 0.6) is 0 Å². The largest absolute Gasteiger partial charge is 0.467 e. The summed E-state index contributed by atoms with van der Waals surface area (Å²) in [5, 5.41) is 0. The number of carbonyl (C=O) groups is 1. The van der Waals surface area contributed by atoms with Crippen LogP contribution in [0.4, 0.5) is 0 Å². The zero-order valence-electron chi connectivity index (χ0n) is 7.29. The summed E-state index contributed by atoms with van der Waals surface area (Å²) in [4.78, 5) is 10.9. The molecule has 0 unspecified atom stereocenters. The molecule has 0 aliphatic carbocycles. The Morgan fingerprint density at radius 2 is 1.73 bits per heavy atom. The van der Waals surface area contributed by atoms with Gasteiger partial charge in [-0.05, 0) is 6.92 Å². The Morgan fingerprint density at radius 3 is 2.00 bits per heavy atom. The Kier molecular flexibility index (Phi) is 4.81. The Balaban J connectivity index is 4.03. The van der Waals surface area contributed by atoms with Crippen molar-refractivity contribution in [3.05, 3.63) is 0 Å². The van der Waals surface area contributed by atoms with Crippen molar-refractivity contribution in [3.63, 3.8) is 0 Å². The average molecular weight is 162 g/mol. The van der Waals surface area contributed by atoms with Crippen LogP contribution in [-0.2, 0) is 19.0 Å². The number of esters is 1. The van der Waals surface area contributed by atoms with Crippen LogP contribution in [0.2, 0.25) is 0 Å². The second kappa shape index (κ2) is 5.09. The summed E-state index contributed by atoms with van der Waals surface area (Å²) in [5.41, 5.74) is 0. The van der Waals surface area contributed by atoms with Gasteiger partial charge >= 0.3 is 5.97 Å². The van der Waals surface area contributed by atoms with Gasteiger partial charge in [0.05, 0.1) is 13.2 Å². The lowest BCUT2D eigenvalue weighted by Gasteiger charge is -2.18. The van der Waals surface area contributed by atoms with Gasteiger partial charge in [0.2, 0.25) is 0 Å². The highest BCUT2D eigenvalue weighted by molar-refractivity contribution is 5.75. The molecule has 66 valence electrons. The maximum absolute atomic E-state index is 10.9. The van der Waals surface area contributed by atoms with E-state index in [0.29, 0.717) is 0 Å². The molecule has 0 saturated heterocycles. The van der Waals surface area contributed by atoms with Crippen LogP contribution in [-0.4, -0.2) is 39.5 Å². The second-order valence-corrected chi connectivity index (χ2v) is 2.12. The fourth-order valence-corrected chi connectivity index (χ4v) is 0.719. The molecule has 0 aliphatic rings. The van der Waals surface area contributed by atoms with E-state index in [1.165, 1.54) is 21.3 Å². The van der Waals surface area contributed by atoms with Gasteiger partial charge in [-0.25, -0.2) is 4.79 Å². The first-order valence-corrected chi connectivity index (χ1v) is 3.30. The Morgan fingerprint density at radius 1 is 1.18 bits per heavy atom. The van der Waals surface area contributed by atoms with Crippen LogP contribution in [0.15, 0.2) is 0 Å². The molecule has 0 bridgehead atoms. The van der Waals surface area contributed by atoms with Crippen LogP contribution < -0.4 is 0 Å². The molecule has 0 aliphatic heterocycles. The van der Waals surface area contributed by atoms with Gasteiger partial charge in [-0.2, -0.15) is 0 Å². The summed E-state index contributed by atoms with van der Waals surface area (Å²) < 4.78 is 14.2. The molecule has 0 aromatic rings. The fourth-order valence-electron chi connectivity index (χ4n) is 0.719. The standard InChI is InChI=1S/C7H14O4/c1-5(9-2)6(10-3)7(8)11-4/h5-6H,1-4H3/t5-,6-/m1/s1. The van der Waals surface area contributed by atoms with Crippen molar-refractivity contribution in [2.75, 3.05) is 21.3 Å². The lowest BCUT2D eigenvalue weighted by atomic mass is 10.2. The van der Waals surface area contributed by atoms with Crippen molar-refractivity contribution < 1.29 is 19.0 Å². The molecule has 0 N–H and O–H groups in total. The smallest absolute Gasteiger partial charge is 0.337 e. The molecule has 0 amide bonds. The van der Waals surface area contributed by atoms with Gasteiger partial charge in [0.15, 0.2) is 6.10 Å². The number of carbonyl (C=O) groups excluding carboxylic acids is 1. The highest BCUT2D eigenvalue weighted by atomic mass is 16.6. The Labute approximate surface area is 66.4 Å². The summed E-state index contributed by atoms with van der Waals surface area (Å²) >= 11 is 0. The van der Waals surface area contributed by atoms with Crippen LogP contribution in [0.25, 0.3) is 0 Å². The summed E-state index contributed by atoms with van der Waals surface area (Å²) in [7, 11) is 4.27. The molecule has 0 heterocycles. The van der Waals surface area contributed by atoms with Crippen molar-refractivity contribution in [1.82, 2.24) is 0 Å². The predicted molar refractivity (Wildman–Crippen MR) is 39.3 cm³/mol. The molecule has 0 aromatic carbocycles. The molecule has 11 heavy (non-hydrogen) atoms. The van der Waals surface area contributed by atoms with Crippen LogP contribution in [0, 0.1) is 0 Å². The predicted octanol–water partition coefficient (Wildman–Crippen LogP) is 0.209. The van der Waals surface area contributed by atoms with Gasteiger partial charge in [-0.15, -0.1) is 0 Å². The van der Waals surface area contributed by atoms with Gasteiger partial charge in [0, 0.05) is 14.2 Å². The number of methoxy groups -OCH3 is 3. The minimum atomic E-state index is -0.634. The third kappa shape index (κ3) is 2.86. The van der Waals surface area contributed by atoms with E-state index < -0.39 is 12.1 Å². The topological polar surface area (TPSA) is 44.8 Å². The molecule has 2 atom stereocenters. The average Bonchev–Trinajstić information content (AvgIpc) is 2.05. The van der Waals surface area contributed by atoms with E-state index in [1.54, 1.807) is 6.92 Å². The van der Waals surface area contributed by atoms with Crippen molar-refractivity contribution in [2.24, 2.45) is 0 Å². The van der Waals surface area contributed by atoms with Gasteiger partial charge in [-0.3, -0.25) is 0 Å². The summed E-state index contributed by atoms with van der Waals surface area (Å²) in [6.07, 6.45) is -0.919. The number of hydrogen-bond acceptors (Lipinski definition) is 4. The van der Waals surface area contributed by atoms with Gasteiger partial charge < -0.3 is 14.2 Å². The van der Waals surface area contributed by atoms with Gasteiger partial charge in [0.1, 0.15) is 0 Å². The van der Waals surface area contributed by atoms with E-state index in [2.05, 4.69) is 4.74 Å². The maximum Gasteiger partial charge on any atom is 0.337 e. The van der Waals surface area contributed by atoms with Crippen molar-refractivity contribution in [2.45, 2.75) is 19.1 Å². The SMILES string of the molecule is COC(=O)[C@H](OC)[C@@H](C)OC. The molecular formula is C7H14O4. The van der Waals surface area contributed by atoms with Crippen LogP contribution >= 0.6 is 0 Å². The molecule has 0 radical (unpaired) electrons. The first-order chi connectivity index (χ1) is 5.17. The van der Waals surface area contributed by atoms with E-state index in [1.807, 2.05) is 0 Å². The molecular weight excluding hydrogens is 148 g/mol. The van der Waals surface area contributed by atoms with Crippen LogP contribution in [0.3, 0.4) is 0 Å². The molecule has 4 nitrogen and oxygen atoms in total. The number of rotatable bonds is 4. The summed E-state index contributed by atoms with van der Waals surface area (Å²) in [6.45, 7) is 1.74. The first kappa shape index (κ1) is 10.4. The number of hydrogen-bond donors (Lipinski definition) is 0. The summed E-state index contributed by atoms with van der Waals surface area (Å²) in [5.74, 6) is -0.415. The third-order valence-electron chi connectivity index (χ3n) is 1.49. The van der Waals surface area contributed by atoms with E-state index in [0.717, 1.165) is 0 Å². The molecule has 0 rings (SSSR count). The first-order valence-electron chi connectivity index (χ1n) is 3.30. The molecule has 0 fully saturated rings. The van der Waals surface area contributed by atoms with Crippen molar-refractivity contribution in [3.8, 4) is 0 Å². The highest BCUT2D eigenvalue weighted by Crippen LogP contribution is 2.02. The monoisotopic (exact) mass is 162 g/mol. The molecule has 0 spiro atoms. The van der Waals surface area contributed by atoms with Crippen molar-refractivity contribution in [1.29, 1.82) is 0 Å². The van der Waals surface area contributed by atoms with Gasteiger partial charge in [0.25, 0.3) is 0 Å². The normalized spacial score (nSPS) is 15.6. The molecule has 4 heteroatoms. The lowest BCUT2D eigenvalue weighted by Crippen LogP contribution is -2.35. The van der Waals surface area contributed by atoms with Gasteiger partial charge in [-0.1, -0.05) is 0 Å². The minimum Gasteiger partial charge on any atom is -0.467 e. The zero-order chi connectivity index (χ0) is 8.85. The van der Waals surface area contributed by atoms with E-state index in [9.17, 15) is 4.79 Å². The van der Waals surface area contributed by atoms with Crippen molar-refractivity contribution >= 4 is 5.97 Å². The zero-order valence-corrected chi connectivity index (χ0v) is 7.29. The Hall–Kier alpha value is -0.610. The second-order valence-electron chi connectivity index (χ2n) is 2.12. The quantitative estimate of drug-likeness (QED) is 0.554. The van der Waals surface area contributed by atoms with E-state index in [-0.39, 0.29) is 6.10 Å². The van der Waals surface area contributed by atoms with Crippen LogP contribution in [0.1, 0.15) is 6.92 Å². The minimum absolute atomic E-state index is 0.285. The lowest BCUT2D eigenvalue weighted by molar-refractivity contribution is -0.159. The molecule has 0 saturated carbocycles. The molecule has 0 aromatic heterocycles. The fraction of sp³-hybridized carbons (Fsp3) is 0.857. The third-order valence-corrected chi connectivity index (χ3v) is 1.49. The highest BCUT2D eigenvalue weighted by Gasteiger charge is 2.25. The van der Waals surface area contributed by atoms with E-state index >= 15 is 0 Å². The maximum atomic E-state index is 10.9. The summed E-state index contributed by atoms with van der Waals surface area (Å²) in [6, 6.07) is 0. The Bertz CT molecular complexity index is 124.